The van der Waals surface area contributed by atoms with Crippen LogP contribution in [-0.4, -0.2) is 0 Å². The maximum Gasteiger partial charge on any atom is 0.212 e. The third-order valence-electron chi connectivity index (χ3n) is 4.38. The molecule has 0 N–H and O–H groups in total. The molecule has 21 heavy (non-hydrogen) atoms. The van der Waals surface area contributed by atoms with Crippen molar-refractivity contribution in [2.24, 2.45) is 7.05 Å². The van der Waals surface area contributed by atoms with Gasteiger partial charge in [0.2, 0.25) is 11.2 Å². The fourth-order valence-electron chi connectivity index (χ4n) is 3.40. The summed E-state index contributed by atoms with van der Waals surface area (Å²) in [5.74, 6) is 0. The van der Waals surface area contributed by atoms with E-state index in [1.54, 1.807) is 0 Å². The molecule has 1 heterocycles. The van der Waals surface area contributed by atoms with E-state index < -0.39 is 0 Å². The molecule has 3 aromatic rings. The summed E-state index contributed by atoms with van der Waals surface area (Å²) in [6.07, 6.45) is 4.61. The summed E-state index contributed by atoms with van der Waals surface area (Å²) in [4.78, 5) is 0. The van der Waals surface area contributed by atoms with Crippen LogP contribution >= 0.6 is 0 Å². The first-order valence-electron chi connectivity index (χ1n) is 7.49. The molecule has 0 saturated heterocycles. The smallest absolute Gasteiger partial charge is 0.194 e. The second-order valence-corrected chi connectivity index (χ2v) is 5.72. The molecule has 0 bridgehead atoms. The zero-order valence-corrected chi connectivity index (χ0v) is 12.2. The summed E-state index contributed by atoms with van der Waals surface area (Å²) < 4.78 is 2.35. The highest BCUT2D eigenvalue weighted by Crippen LogP contribution is 2.32. The molecule has 0 spiro atoms. The Morgan fingerprint density at radius 1 is 0.905 bits per heavy atom. The Morgan fingerprint density at radius 3 is 2.52 bits per heavy atom. The van der Waals surface area contributed by atoms with Gasteiger partial charge in [-0.2, -0.15) is 4.57 Å². The van der Waals surface area contributed by atoms with Gasteiger partial charge < -0.3 is 0 Å². The highest BCUT2D eigenvalue weighted by Gasteiger charge is 2.27. The second-order valence-electron chi connectivity index (χ2n) is 5.72. The van der Waals surface area contributed by atoms with E-state index >= 15 is 0 Å². The van der Waals surface area contributed by atoms with Crippen molar-refractivity contribution in [1.82, 2.24) is 0 Å². The summed E-state index contributed by atoms with van der Waals surface area (Å²) in [5.41, 5.74) is 6.91. The van der Waals surface area contributed by atoms with Crippen LogP contribution in [0.2, 0.25) is 0 Å². The fourth-order valence-corrected chi connectivity index (χ4v) is 3.40. The van der Waals surface area contributed by atoms with Crippen molar-refractivity contribution in [2.75, 3.05) is 0 Å². The molecular weight excluding hydrogens is 254 g/mol. The predicted octanol–water partition coefficient (Wildman–Crippen LogP) is 4.15. The lowest BCUT2D eigenvalue weighted by Gasteiger charge is -2.04. The molecule has 102 valence electrons. The van der Waals surface area contributed by atoms with Gasteiger partial charge in [-0.3, -0.25) is 0 Å². The van der Waals surface area contributed by atoms with Crippen molar-refractivity contribution in [1.29, 1.82) is 0 Å². The minimum Gasteiger partial charge on any atom is -0.194 e. The van der Waals surface area contributed by atoms with Crippen molar-refractivity contribution >= 4 is 22.6 Å². The number of hydrogen-bond acceptors (Lipinski definition) is 0. The molecule has 0 aliphatic heterocycles. The first-order valence-corrected chi connectivity index (χ1v) is 7.49. The van der Waals surface area contributed by atoms with E-state index in [2.05, 4.69) is 78.4 Å². The van der Waals surface area contributed by atoms with E-state index in [0.29, 0.717) is 0 Å². The summed E-state index contributed by atoms with van der Waals surface area (Å²) in [6, 6.07) is 21.6. The lowest BCUT2D eigenvalue weighted by atomic mass is 10.1. The number of allylic oxidation sites excluding steroid dienone is 1. The Kier molecular flexibility index (Phi) is 2.85. The van der Waals surface area contributed by atoms with E-state index in [4.69, 9.17) is 0 Å². The maximum absolute atomic E-state index is 2.36. The topological polar surface area (TPSA) is 3.88 Å². The van der Waals surface area contributed by atoms with Gasteiger partial charge in [-0.05, 0) is 36.6 Å². The van der Waals surface area contributed by atoms with Gasteiger partial charge in [-0.15, -0.1) is 0 Å². The molecule has 2 aromatic carbocycles. The summed E-state index contributed by atoms with van der Waals surface area (Å²) in [6.45, 7) is 0. The van der Waals surface area contributed by atoms with Crippen molar-refractivity contribution < 1.29 is 4.57 Å². The molecule has 0 radical (unpaired) electrons. The minimum absolute atomic E-state index is 1.13. The normalized spacial score (nSPS) is 15.6. The quantitative estimate of drug-likeness (QED) is 0.586. The number of aromatic nitrogens is 1. The van der Waals surface area contributed by atoms with E-state index in [9.17, 15) is 0 Å². The van der Waals surface area contributed by atoms with Crippen LogP contribution < -0.4 is 4.57 Å². The lowest BCUT2D eigenvalue weighted by Crippen LogP contribution is -2.34. The van der Waals surface area contributed by atoms with Crippen LogP contribution in [0.25, 0.3) is 22.6 Å². The van der Waals surface area contributed by atoms with Crippen LogP contribution in [-0.2, 0) is 13.5 Å². The zero-order valence-electron chi connectivity index (χ0n) is 12.2. The molecule has 1 nitrogen and oxygen atoms in total. The van der Waals surface area contributed by atoms with Crippen LogP contribution in [0.1, 0.15) is 23.2 Å². The van der Waals surface area contributed by atoms with Crippen LogP contribution in [0.15, 0.2) is 60.7 Å². The van der Waals surface area contributed by atoms with Gasteiger partial charge in [0, 0.05) is 22.6 Å². The standard InChI is InChI=1S/C20H18N/c1-21-19-10-6-5-9-16(19)14-18-12-11-17(20(18)21)13-15-7-3-2-4-8-15/h2-10,13-14H,11-12H2,1H3/q+1/b17-13+. The number of pyridine rings is 1. The van der Waals surface area contributed by atoms with E-state index in [1.807, 2.05) is 0 Å². The molecule has 1 aliphatic carbocycles. The summed E-state index contributed by atoms with van der Waals surface area (Å²) in [7, 11) is 2.19. The van der Waals surface area contributed by atoms with Crippen molar-refractivity contribution in [3.63, 3.8) is 0 Å². The lowest BCUT2D eigenvalue weighted by molar-refractivity contribution is -0.647. The fraction of sp³-hybridized carbons (Fsp3) is 0.150. The van der Waals surface area contributed by atoms with Gasteiger partial charge in [0.05, 0.1) is 0 Å². The van der Waals surface area contributed by atoms with Crippen molar-refractivity contribution in [3.8, 4) is 0 Å². The molecule has 0 unspecified atom stereocenters. The number of hydrogen-bond donors (Lipinski definition) is 0. The number of nitrogens with zero attached hydrogens (tertiary/aromatic N) is 1. The third-order valence-corrected chi connectivity index (χ3v) is 4.38. The maximum atomic E-state index is 2.36. The number of aryl methyl sites for hydroxylation is 2. The summed E-state index contributed by atoms with van der Waals surface area (Å²) in [5, 5.41) is 1.33. The van der Waals surface area contributed by atoms with Gasteiger partial charge >= 0.3 is 0 Å². The average Bonchev–Trinajstić information content (AvgIpc) is 2.92. The minimum atomic E-state index is 1.13. The first-order chi connectivity index (χ1) is 10.3. The second kappa shape index (κ2) is 4.85. The molecule has 0 amide bonds. The average molecular weight is 272 g/mol. The number of para-hydroxylation sites is 1. The third kappa shape index (κ3) is 2.06. The highest BCUT2D eigenvalue weighted by molar-refractivity contribution is 5.86. The molecule has 4 rings (SSSR count). The monoisotopic (exact) mass is 272 g/mol. The molecule has 0 saturated carbocycles. The van der Waals surface area contributed by atoms with Crippen LogP contribution in [0.3, 0.4) is 0 Å². The predicted molar refractivity (Wildman–Crippen MR) is 87.8 cm³/mol. The SMILES string of the molecule is C[n+]1c2c(cc3ccccc31)CC/C2=C\c1ccccc1. The van der Waals surface area contributed by atoms with Crippen LogP contribution in [0, 0.1) is 0 Å². The Hall–Kier alpha value is -2.41. The largest absolute Gasteiger partial charge is 0.212 e. The van der Waals surface area contributed by atoms with Gasteiger partial charge in [-0.25, -0.2) is 0 Å². The summed E-state index contributed by atoms with van der Waals surface area (Å²) >= 11 is 0. The zero-order chi connectivity index (χ0) is 14.2. The van der Waals surface area contributed by atoms with Crippen molar-refractivity contribution in [3.05, 3.63) is 77.5 Å². The number of fused-ring (bicyclic) bond motifs is 2. The first kappa shape index (κ1) is 12.3. The van der Waals surface area contributed by atoms with Gasteiger partial charge in [0.15, 0.2) is 0 Å². The van der Waals surface area contributed by atoms with E-state index in [1.165, 1.54) is 33.3 Å². The molecular formula is C20H18N+. The van der Waals surface area contributed by atoms with E-state index in [-0.39, 0.29) is 0 Å². The molecule has 0 fully saturated rings. The van der Waals surface area contributed by atoms with Crippen LogP contribution in [0.4, 0.5) is 0 Å². The van der Waals surface area contributed by atoms with Gasteiger partial charge in [0.1, 0.15) is 7.05 Å². The highest BCUT2D eigenvalue weighted by atomic mass is 14.9. The van der Waals surface area contributed by atoms with E-state index in [0.717, 1.165) is 12.8 Å². The molecule has 1 aromatic heterocycles. The molecule has 1 heteroatoms. The molecule has 0 atom stereocenters. The van der Waals surface area contributed by atoms with Crippen molar-refractivity contribution in [2.45, 2.75) is 12.8 Å². The Labute approximate surface area is 125 Å². The van der Waals surface area contributed by atoms with Gasteiger partial charge in [0.25, 0.3) is 0 Å². The Bertz CT molecular complexity index is 844. The number of rotatable bonds is 1. The number of benzene rings is 2. The Morgan fingerprint density at radius 2 is 1.67 bits per heavy atom. The van der Waals surface area contributed by atoms with Crippen LogP contribution in [0.5, 0.6) is 0 Å². The molecule has 1 aliphatic rings. The Balaban J connectivity index is 1.92. The van der Waals surface area contributed by atoms with Gasteiger partial charge in [-0.1, -0.05) is 42.5 Å².